The van der Waals surface area contributed by atoms with E-state index in [0.717, 1.165) is 0 Å². The Balaban J connectivity index is 4.36. The highest BCUT2D eigenvalue weighted by Gasteiger charge is 2.24. The average molecular weight is 272 g/mol. The maximum absolute atomic E-state index is 12.1. The first-order valence-electron chi connectivity index (χ1n) is 5.12. The molecule has 0 fully saturated rings. The lowest BCUT2D eigenvalue weighted by Gasteiger charge is -2.22. The van der Waals surface area contributed by atoms with Gasteiger partial charge >= 0.3 is 6.18 Å². The zero-order valence-electron chi connectivity index (χ0n) is 10.3. The molecule has 0 radical (unpaired) electrons. The molecule has 0 aromatic carbocycles. The van der Waals surface area contributed by atoms with Gasteiger partial charge in [0.15, 0.2) is 0 Å². The van der Waals surface area contributed by atoms with Crippen LogP contribution in [0.15, 0.2) is 12.2 Å². The SMILES string of the molecule is CC(C)C(/C=C/C(F)(F)F)SSC(C)(C)C. The standard InChI is InChI=1S/C11H19F3S2/c1-8(2)9(6-7-11(12,13)14)15-16-10(3,4)5/h6-9H,1-5H3/b7-6+. The second-order valence-corrected chi connectivity index (χ2v) is 8.11. The lowest BCUT2D eigenvalue weighted by Crippen LogP contribution is -2.12. The summed E-state index contributed by atoms with van der Waals surface area (Å²) in [5.41, 5.74) is 0. The van der Waals surface area contributed by atoms with Gasteiger partial charge in [-0.3, -0.25) is 0 Å². The van der Waals surface area contributed by atoms with Crippen LogP contribution in [0, 0.1) is 5.92 Å². The predicted molar refractivity (Wildman–Crippen MR) is 68.8 cm³/mol. The summed E-state index contributed by atoms with van der Waals surface area (Å²) >= 11 is 0. The molecule has 0 saturated carbocycles. The summed E-state index contributed by atoms with van der Waals surface area (Å²) < 4.78 is 36.2. The minimum Gasteiger partial charge on any atom is -0.167 e. The topological polar surface area (TPSA) is 0 Å². The van der Waals surface area contributed by atoms with Gasteiger partial charge in [-0.25, -0.2) is 0 Å². The summed E-state index contributed by atoms with van der Waals surface area (Å²) in [4.78, 5) is 0. The van der Waals surface area contributed by atoms with E-state index in [-0.39, 0.29) is 15.9 Å². The van der Waals surface area contributed by atoms with Gasteiger partial charge in [-0.15, -0.1) is 0 Å². The first-order valence-corrected chi connectivity index (χ1v) is 7.33. The first kappa shape index (κ1) is 16.2. The Hall–Kier alpha value is 0.230. The zero-order valence-corrected chi connectivity index (χ0v) is 11.9. The second-order valence-electron chi connectivity index (χ2n) is 4.90. The predicted octanol–water partition coefficient (Wildman–Crippen LogP) is 5.31. The van der Waals surface area contributed by atoms with E-state index in [2.05, 4.69) is 20.8 Å². The first-order chi connectivity index (χ1) is 7.01. The number of halogens is 3. The molecule has 0 rings (SSSR count). The van der Waals surface area contributed by atoms with Gasteiger partial charge in [0.25, 0.3) is 0 Å². The van der Waals surface area contributed by atoms with Crippen molar-refractivity contribution in [2.75, 3.05) is 0 Å². The van der Waals surface area contributed by atoms with E-state index in [1.165, 1.54) is 16.9 Å². The Morgan fingerprint density at radius 3 is 1.88 bits per heavy atom. The lowest BCUT2D eigenvalue weighted by atomic mass is 10.1. The molecule has 0 aliphatic rings. The highest BCUT2D eigenvalue weighted by Crippen LogP contribution is 2.41. The molecule has 0 nitrogen and oxygen atoms in total. The zero-order chi connectivity index (χ0) is 13.0. The molecule has 0 aromatic heterocycles. The van der Waals surface area contributed by atoms with Gasteiger partial charge in [-0.2, -0.15) is 13.2 Å². The number of hydrogen-bond donors (Lipinski definition) is 0. The van der Waals surface area contributed by atoms with E-state index in [1.807, 2.05) is 13.8 Å². The number of rotatable bonds is 4. The molecule has 1 unspecified atom stereocenters. The molecule has 0 spiro atoms. The summed E-state index contributed by atoms with van der Waals surface area (Å²) in [7, 11) is 3.13. The highest BCUT2D eigenvalue weighted by molar-refractivity contribution is 8.77. The fourth-order valence-electron chi connectivity index (χ4n) is 0.769. The molecular formula is C11H19F3S2. The summed E-state index contributed by atoms with van der Waals surface area (Å²) in [5, 5.41) is -0.106. The van der Waals surface area contributed by atoms with Gasteiger partial charge in [0.05, 0.1) is 0 Å². The van der Waals surface area contributed by atoms with Crippen LogP contribution in [-0.2, 0) is 0 Å². The molecule has 0 saturated heterocycles. The van der Waals surface area contributed by atoms with Gasteiger partial charge < -0.3 is 0 Å². The molecule has 0 amide bonds. The van der Waals surface area contributed by atoms with E-state index in [9.17, 15) is 13.2 Å². The molecule has 0 N–H and O–H groups in total. The minimum atomic E-state index is -4.21. The maximum Gasteiger partial charge on any atom is 0.409 e. The molecule has 5 heteroatoms. The third kappa shape index (κ3) is 9.46. The molecule has 0 aromatic rings. The van der Waals surface area contributed by atoms with Crippen molar-refractivity contribution in [3.63, 3.8) is 0 Å². The molecular weight excluding hydrogens is 253 g/mol. The molecule has 1 atom stereocenters. The molecule has 0 bridgehead atoms. The third-order valence-corrected chi connectivity index (χ3v) is 5.52. The van der Waals surface area contributed by atoms with Crippen LogP contribution in [0.3, 0.4) is 0 Å². The highest BCUT2D eigenvalue weighted by atomic mass is 33.1. The van der Waals surface area contributed by atoms with E-state index >= 15 is 0 Å². The third-order valence-electron chi connectivity index (χ3n) is 1.54. The van der Waals surface area contributed by atoms with Crippen LogP contribution in [0.2, 0.25) is 0 Å². The van der Waals surface area contributed by atoms with Crippen LogP contribution in [0.4, 0.5) is 13.2 Å². The Labute approximate surface area is 104 Å². The van der Waals surface area contributed by atoms with Crippen LogP contribution in [0.5, 0.6) is 0 Å². The van der Waals surface area contributed by atoms with E-state index < -0.39 is 6.18 Å². The number of allylic oxidation sites excluding steroid dienone is 1. The molecule has 0 heterocycles. The van der Waals surface area contributed by atoms with E-state index in [1.54, 1.807) is 10.8 Å². The van der Waals surface area contributed by atoms with Gasteiger partial charge in [0.2, 0.25) is 0 Å². The van der Waals surface area contributed by atoms with Gasteiger partial charge in [-0.05, 0) is 5.92 Å². The quantitative estimate of drug-likeness (QED) is 0.502. The summed E-state index contributed by atoms with van der Waals surface area (Å²) in [5.74, 6) is 0.193. The average Bonchev–Trinajstić information content (AvgIpc) is 1.98. The minimum absolute atomic E-state index is 0.0594. The van der Waals surface area contributed by atoms with Crippen molar-refractivity contribution in [3.8, 4) is 0 Å². The lowest BCUT2D eigenvalue weighted by molar-refractivity contribution is -0.0800. The monoisotopic (exact) mass is 272 g/mol. The van der Waals surface area contributed by atoms with Crippen molar-refractivity contribution >= 4 is 21.6 Å². The smallest absolute Gasteiger partial charge is 0.167 e. The molecule has 96 valence electrons. The summed E-state index contributed by atoms with van der Waals surface area (Å²) in [6, 6.07) is 0. The molecule has 0 aliphatic heterocycles. The molecule has 16 heavy (non-hydrogen) atoms. The van der Waals surface area contributed by atoms with E-state index in [4.69, 9.17) is 0 Å². The Morgan fingerprint density at radius 2 is 1.56 bits per heavy atom. The van der Waals surface area contributed by atoms with Crippen molar-refractivity contribution < 1.29 is 13.2 Å². The summed E-state index contributed by atoms with van der Waals surface area (Å²) in [6.07, 6.45) is -2.61. The van der Waals surface area contributed by atoms with Crippen molar-refractivity contribution in [1.29, 1.82) is 0 Å². The normalized spacial score (nSPS) is 16.1. The Kier molecular flexibility index (Phi) is 6.33. The Morgan fingerprint density at radius 1 is 1.06 bits per heavy atom. The summed E-state index contributed by atoms with van der Waals surface area (Å²) in [6.45, 7) is 10.0. The van der Waals surface area contributed by atoms with Gasteiger partial charge in [0, 0.05) is 16.1 Å². The van der Waals surface area contributed by atoms with Crippen molar-refractivity contribution in [2.45, 2.75) is 50.8 Å². The van der Waals surface area contributed by atoms with Crippen molar-refractivity contribution in [3.05, 3.63) is 12.2 Å². The second kappa shape index (κ2) is 6.24. The van der Waals surface area contributed by atoms with Crippen molar-refractivity contribution in [2.24, 2.45) is 5.92 Å². The van der Waals surface area contributed by atoms with Crippen LogP contribution in [-0.4, -0.2) is 16.2 Å². The van der Waals surface area contributed by atoms with Crippen LogP contribution >= 0.6 is 21.6 Å². The fourth-order valence-corrected chi connectivity index (χ4v) is 3.59. The fraction of sp³-hybridized carbons (Fsp3) is 0.818. The largest absolute Gasteiger partial charge is 0.409 e. The van der Waals surface area contributed by atoms with Gasteiger partial charge in [-0.1, -0.05) is 62.3 Å². The van der Waals surface area contributed by atoms with E-state index in [0.29, 0.717) is 6.08 Å². The number of alkyl halides is 3. The Bertz CT molecular complexity index is 226. The van der Waals surface area contributed by atoms with Crippen LogP contribution in [0.25, 0.3) is 0 Å². The van der Waals surface area contributed by atoms with Crippen LogP contribution < -0.4 is 0 Å². The molecule has 0 aliphatic carbocycles. The van der Waals surface area contributed by atoms with Crippen LogP contribution in [0.1, 0.15) is 34.6 Å². The van der Waals surface area contributed by atoms with Crippen molar-refractivity contribution in [1.82, 2.24) is 0 Å². The van der Waals surface area contributed by atoms with Gasteiger partial charge in [0.1, 0.15) is 0 Å². The maximum atomic E-state index is 12.1. The number of hydrogen-bond acceptors (Lipinski definition) is 2.